The normalized spacial score (nSPS) is 10.1. The van der Waals surface area contributed by atoms with Gasteiger partial charge in [0.05, 0.1) is 12.7 Å². The maximum absolute atomic E-state index is 11.8. The number of anilines is 1. The first kappa shape index (κ1) is 11.9. The molecule has 0 bridgehead atoms. The minimum atomic E-state index is -0.543. The molecule has 1 heterocycles. The largest absolute Gasteiger partial charge is 0.507 e. The second-order valence-electron chi connectivity index (χ2n) is 3.48. The molecule has 2 aromatic rings. The van der Waals surface area contributed by atoms with Crippen molar-refractivity contribution in [3.8, 4) is 11.5 Å². The average Bonchev–Trinajstić information content (AvgIpc) is 2.74. The summed E-state index contributed by atoms with van der Waals surface area (Å²) in [5.41, 5.74) is 0.0895. The molecule has 0 saturated heterocycles. The Morgan fingerprint density at radius 3 is 2.83 bits per heavy atom. The quantitative estimate of drug-likeness (QED) is 0.851. The van der Waals surface area contributed by atoms with Crippen LogP contribution >= 0.6 is 0 Å². The van der Waals surface area contributed by atoms with Crippen molar-refractivity contribution in [1.29, 1.82) is 0 Å². The molecule has 1 amide bonds. The van der Waals surface area contributed by atoms with Gasteiger partial charge < -0.3 is 14.4 Å². The molecule has 0 atom stereocenters. The number of ether oxygens (including phenoxy) is 1. The van der Waals surface area contributed by atoms with Crippen molar-refractivity contribution in [2.45, 2.75) is 6.92 Å². The summed E-state index contributed by atoms with van der Waals surface area (Å²) in [6.45, 7) is 1.63. The van der Waals surface area contributed by atoms with Gasteiger partial charge in [-0.25, -0.2) is 0 Å². The highest BCUT2D eigenvalue weighted by Gasteiger charge is 2.14. The number of carbonyl (C=O) groups is 1. The molecule has 94 valence electrons. The fraction of sp³-hybridized carbons (Fsp3) is 0.182. The Hall–Kier alpha value is -2.57. The number of phenols is 1. The van der Waals surface area contributed by atoms with Crippen molar-refractivity contribution in [1.82, 2.24) is 10.1 Å². The summed E-state index contributed by atoms with van der Waals surface area (Å²) in [7, 11) is 1.47. The number of aromatic hydroxyl groups is 1. The first-order valence-corrected chi connectivity index (χ1v) is 5.09. The third kappa shape index (κ3) is 2.40. The summed E-state index contributed by atoms with van der Waals surface area (Å²) in [4.78, 5) is 15.6. The van der Waals surface area contributed by atoms with E-state index >= 15 is 0 Å². The number of phenolic OH excluding ortho intramolecular Hbond substituents is 1. The van der Waals surface area contributed by atoms with Gasteiger partial charge in [0.2, 0.25) is 0 Å². The third-order valence-electron chi connectivity index (χ3n) is 2.20. The molecule has 0 aliphatic carbocycles. The molecule has 0 radical (unpaired) electrons. The highest BCUT2D eigenvalue weighted by molar-refractivity contribution is 6.05. The highest BCUT2D eigenvalue weighted by Crippen LogP contribution is 2.23. The Kier molecular flexibility index (Phi) is 3.13. The van der Waals surface area contributed by atoms with Crippen LogP contribution < -0.4 is 10.1 Å². The third-order valence-corrected chi connectivity index (χ3v) is 2.20. The minimum Gasteiger partial charge on any atom is -0.507 e. The first-order chi connectivity index (χ1) is 8.60. The van der Waals surface area contributed by atoms with E-state index in [-0.39, 0.29) is 17.3 Å². The molecule has 0 spiro atoms. The Morgan fingerprint density at radius 1 is 1.50 bits per heavy atom. The molecule has 1 aromatic heterocycles. The molecule has 0 aliphatic heterocycles. The number of hydrogen-bond acceptors (Lipinski definition) is 6. The van der Waals surface area contributed by atoms with Gasteiger partial charge >= 0.3 is 6.01 Å². The van der Waals surface area contributed by atoms with Gasteiger partial charge in [-0.3, -0.25) is 10.1 Å². The van der Waals surface area contributed by atoms with Gasteiger partial charge in [0.25, 0.3) is 5.91 Å². The average molecular weight is 249 g/mol. The second-order valence-corrected chi connectivity index (χ2v) is 3.48. The molecule has 2 rings (SSSR count). The predicted molar refractivity (Wildman–Crippen MR) is 61.6 cm³/mol. The van der Waals surface area contributed by atoms with Crippen molar-refractivity contribution in [3.05, 3.63) is 29.6 Å². The van der Waals surface area contributed by atoms with Crippen molar-refractivity contribution in [2.75, 3.05) is 12.4 Å². The summed E-state index contributed by atoms with van der Waals surface area (Å²) < 4.78 is 9.66. The van der Waals surface area contributed by atoms with Gasteiger partial charge in [0, 0.05) is 6.07 Å². The number of amides is 1. The van der Waals surface area contributed by atoms with E-state index in [9.17, 15) is 9.90 Å². The lowest BCUT2D eigenvalue weighted by Gasteiger charge is -2.05. The SMILES string of the molecule is COc1ccc(C(=O)Nc2nc(C)no2)c(O)c1. The van der Waals surface area contributed by atoms with E-state index in [2.05, 4.69) is 15.5 Å². The van der Waals surface area contributed by atoms with Crippen LogP contribution in [-0.2, 0) is 0 Å². The Bertz CT molecular complexity index is 579. The lowest BCUT2D eigenvalue weighted by atomic mass is 10.2. The number of hydrogen-bond donors (Lipinski definition) is 2. The molecular weight excluding hydrogens is 238 g/mol. The van der Waals surface area contributed by atoms with Gasteiger partial charge in [-0.15, -0.1) is 0 Å². The van der Waals surface area contributed by atoms with Crippen LogP contribution in [0.25, 0.3) is 0 Å². The van der Waals surface area contributed by atoms with Crippen LogP contribution in [0, 0.1) is 6.92 Å². The molecule has 2 N–H and O–H groups in total. The van der Waals surface area contributed by atoms with Crippen LogP contribution in [0.2, 0.25) is 0 Å². The van der Waals surface area contributed by atoms with Crippen molar-refractivity contribution in [2.24, 2.45) is 0 Å². The molecule has 18 heavy (non-hydrogen) atoms. The molecule has 7 heteroatoms. The molecule has 1 aromatic carbocycles. The number of nitrogens with zero attached hydrogens (tertiary/aromatic N) is 2. The van der Waals surface area contributed by atoms with Gasteiger partial charge in [0.15, 0.2) is 5.82 Å². The molecule has 0 fully saturated rings. The monoisotopic (exact) mass is 249 g/mol. The second kappa shape index (κ2) is 4.74. The van der Waals surface area contributed by atoms with Crippen LogP contribution in [0.3, 0.4) is 0 Å². The maximum Gasteiger partial charge on any atom is 0.328 e. The number of rotatable bonds is 3. The summed E-state index contributed by atoms with van der Waals surface area (Å²) >= 11 is 0. The van der Waals surface area contributed by atoms with Crippen LogP contribution in [0.15, 0.2) is 22.7 Å². The molecule has 0 aliphatic rings. The molecular formula is C11H11N3O4. The van der Waals surface area contributed by atoms with Gasteiger partial charge in [0.1, 0.15) is 11.5 Å². The van der Waals surface area contributed by atoms with Crippen LogP contribution in [0.4, 0.5) is 6.01 Å². The fourth-order valence-electron chi connectivity index (χ4n) is 1.34. The number of carbonyl (C=O) groups excluding carboxylic acids is 1. The molecule has 0 saturated carbocycles. The number of aromatic nitrogens is 2. The maximum atomic E-state index is 11.8. The predicted octanol–water partition coefficient (Wildman–Crippen LogP) is 1.34. The van der Waals surface area contributed by atoms with E-state index in [1.54, 1.807) is 13.0 Å². The van der Waals surface area contributed by atoms with E-state index in [1.165, 1.54) is 19.2 Å². The Morgan fingerprint density at radius 2 is 2.28 bits per heavy atom. The number of aryl methyl sites for hydroxylation is 1. The number of benzene rings is 1. The summed E-state index contributed by atoms with van der Waals surface area (Å²) in [6, 6.07) is 4.32. The zero-order chi connectivity index (χ0) is 13.1. The number of nitrogens with one attached hydrogen (secondary N) is 1. The van der Waals surface area contributed by atoms with E-state index in [0.717, 1.165) is 0 Å². The highest BCUT2D eigenvalue weighted by atomic mass is 16.5. The molecule has 7 nitrogen and oxygen atoms in total. The van der Waals surface area contributed by atoms with E-state index in [0.29, 0.717) is 11.6 Å². The molecule has 0 unspecified atom stereocenters. The summed E-state index contributed by atoms with van der Waals surface area (Å²) in [5, 5.41) is 15.6. The number of methoxy groups -OCH3 is 1. The topological polar surface area (TPSA) is 97.5 Å². The van der Waals surface area contributed by atoms with Crippen LogP contribution in [-0.4, -0.2) is 28.3 Å². The van der Waals surface area contributed by atoms with E-state index in [1.807, 2.05) is 0 Å². The van der Waals surface area contributed by atoms with Crippen molar-refractivity contribution in [3.63, 3.8) is 0 Å². The lowest BCUT2D eigenvalue weighted by Crippen LogP contribution is -2.12. The Balaban J connectivity index is 2.18. The first-order valence-electron chi connectivity index (χ1n) is 5.09. The van der Waals surface area contributed by atoms with Gasteiger partial charge in [-0.05, 0) is 19.1 Å². The van der Waals surface area contributed by atoms with Crippen molar-refractivity contribution < 1.29 is 19.2 Å². The smallest absolute Gasteiger partial charge is 0.328 e. The standard InChI is InChI=1S/C11H11N3O4/c1-6-12-11(18-14-6)13-10(16)8-4-3-7(17-2)5-9(8)15/h3-5,15H,1-2H3,(H,12,13,14,16). The fourth-order valence-corrected chi connectivity index (χ4v) is 1.34. The lowest BCUT2D eigenvalue weighted by molar-refractivity contribution is 0.102. The van der Waals surface area contributed by atoms with Crippen LogP contribution in [0.5, 0.6) is 11.5 Å². The summed E-state index contributed by atoms with van der Waals surface area (Å²) in [5.74, 6) is 0.129. The van der Waals surface area contributed by atoms with E-state index in [4.69, 9.17) is 9.26 Å². The zero-order valence-electron chi connectivity index (χ0n) is 9.80. The van der Waals surface area contributed by atoms with Crippen molar-refractivity contribution >= 4 is 11.9 Å². The Labute approximate surface area is 102 Å². The van der Waals surface area contributed by atoms with E-state index < -0.39 is 5.91 Å². The minimum absolute atomic E-state index is 0.0206. The summed E-state index contributed by atoms with van der Waals surface area (Å²) in [6.07, 6.45) is 0. The van der Waals surface area contributed by atoms with Crippen LogP contribution in [0.1, 0.15) is 16.2 Å². The zero-order valence-corrected chi connectivity index (χ0v) is 9.80. The van der Waals surface area contributed by atoms with Gasteiger partial charge in [-0.2, -0.15) is 4.98 Å². The van der Waals surface area contributed by atoms with Gasteiger partial charge in [-0.1, -0.05) is 5.16 Å².